The Morgan fingerprint density at radius 2 is 1.65 bits per heavy atom. The summed E-state index contributed by atoms with van der Waals surface area (Å²) in [7, 11) is 0. The minimum atomic E-state index is 0.302. The van der Waals surface area contributed by atoms with Crippen LogP contribution in [0, 0.1) is 0 Å². The Morgan fingerprint density at radius 1 is 0.913 bits per heavy atom. The summed E-state index contributed by atoms with van der Waals surface area (Å²) in [6.45, 7) is 3.44. The third-order valence-corrected chi connectivity index (χ3v) is 4.14. The Kier molecular flexibility index (Phi) is 3.55. The van der Waals surface area contributed by atoms with Crippen LogP contribution in [0.1, 0.15) is 0 Å². The standard InChI is InChI=1S/C18H18N4O/c19-18-20-16-4-2-1-3-15(16)17(21-18)13-5-7-14(8-6-13)22-9-11-23-12-10-22/h1-8H,9-12H2,(H2,19,20,21). The third kappa shape index (κ3) is 2.71. The van der Waals surface area contributed by atoms with Crippen LogP contribution in [-0.2, 0) is 4.74 Å². The lowest BCUT2D eigenvalue weighted by Crippen LogP contribution is -2.36. The second-order valence-corrected chi connectivity index (χ2v) is 5.59. The lowest BCUT2D eigenvalue weighted by atomic mass is 10.1. The molecular weight excluding hydrogens is 288 g/mol. The van der Waals surface area contributed by atoms with E-state index in [0.717, 1.165) is 48.5 Å². The number of hydrogen-bond donors (Lipinski definition) is 1. The van der Waals surface area contributed by atoms with Crippen LogP contribution >= 0.6 is 0 Å². The second-order valence-electron chi connectivity index (χ2n) is 5.59. The summed E-state index contributed by atoms with van der Waals surface area (Å²) in [6, 6.07) is 16.4. The predicted molar refractivity (Wildman–Crippen MR) is 92.4 cm³/mol. The fourth-order valence-corrected chi connectivity index (χ4v) is 2.97. The fraction of sp³-hybridized carbons (Fsp3) is 0.222. The van der Waals surface area contributed by atoms with Crippen molar-refractivity contribution in [3.8, 4) is 11.3 Å². The summed E-state index contributed by atoms with van der Waals surface area (Å²) >= 11 is 0. The molecule has 5 nitrogen and oxygen atoms in total. The van der Waals surface area contributed by atoms with Gasteiger partial charge < -0.3 is 15.4 Å². The van der Waals surface area contributed by atoms with Crippen molar-refractivity contribution in [3.05, 3.63) is 48.5 Å². The fourth-order valence-electron chi connectivity index (χ4n) is 2.97. The summed E-state index contributed by atoms with van der Waals surface area (Å²) in [4.78, 5) is 11.1. The number of nitrogens with two attached hydrogens (primary N) is 1. The van der Waals surface area contributed by atoms with Gasteiger partial charge in [0.25, 0.3) is 0 Å². The first-order chi connectivity index (χ1) is 11.3. The zero-order valence-corrected chi connectivity index (χ0v) is 12.8. The van der Waals surface area contributed by atoms with Gasteiger partial charge in [0.1, 0.15) is 0 Å². The molecule has 0 unspecified atom stereocenters. The molecule has 2 aromatic carbocycles. The van der Waals surface area contributed by atoms with Crippen LogP contribution in [0.2, 0.25) is 0 Å². The molecule has 0 aliphatic carbocycles. The van der Waals surface area contributed by atoms with E-state index in [1.807, 2.05) is 24.3 Å². The minimum Gasteiger partial charge on any atom is -0.378 e. The second kappa shape index (κ2) is 5.85. The molecule has 1 aliphatic heterocycles. The molecule has 0 spiro atoms. The first-order valence-electron chi connectivity index (χ1n) is 7.77. The van der Waals surface area contributed by atoms with Crippen molar-refractivity contribution in [2.24, 2.45) is 0 Å². The Morgan fingerprint density at radius 3 is 2.43 bits per heavy atom. The third-order valence-electron chi connectivity index (χ3n) is 4.14. The number of nitrogen functional groups attached to an aromatic ring is 1. The lowest BCUT2D eigenvalue weighted by molar-refractivity contribution is 0.122. The van der Waals surface area contributed by atoms with Gasteiger partial charge in [0.15, 0.2) is 0 Å². The Bertz CT molecular complexity index is 826. The van der Waals surface area contributed by atoms with E-state index in [1.165, 1.54) is 5.69 Å². The molecule has 0 saturated carbocycles. The van der Waals surface area contributed by atoms with Gasteiger partial charge in [-0.1, -0.05) is 30.3 Å². The molecule has 0 amide bonds. The summed E-state index contributed by atoms with van der Waals surface area (Å²) < 4.78 is 5.40. The average Bonchev–Trinajstić information content (AvgIpc) is 2.62. The Balaban J connectivity index is 1.73. The molecule has 1 fully saturated rings. The van der Waals surface area contributed by atoms with Crippen molar-refractivity contribution in [1.82, 2.24) is 9.97 Å². The highest BCUT2D eigenvalue weighted by atomic mass is 16.5. The summed E-state index contributed by atoms with van der Waals surface area (Å²) in [6.07, 6.45) is 0. The molecule has 2 N–H and O–H groups in total. The van der Waals surface area contributed by atoms with Crippen molar-refractivity contribution in [2.75, 3.05) is 36.9 Å². The molecular formula is C18H18N4O. The highest BCUT2D eigenvalue weighted by molar-refractivity contribution is 5.93. The number of hydrogen-bond acceptors (Lipinski definition) is 5. The first kappa shape index (κ1) is 14.0. The molecule has 23 heavy (non-hydrogen) atoms. The van der Waals surface area contributed by atoms with E-state index in [9.17, 15) is 0 Å². The number of fused-ring (bicyclic) bond motifs is 1. The van der Waals surface area contributed by atoms with Gasteiger partial charge in [-0.3, -0.25) is 0 Å². The van der Waals surface area contributed by atoms with E-state index in [1.54, 1.807) is 0 Å². The van der Waals surface area contributed by atoms with Crippen LogP contribution in [0.4, 0.5) is 11.6 Å². The maximum atomic E-state index is 5.86. The van der Waals surface area contributed by atoms with Crippen LogP contribution in [0.3, 0.4) is 0 Å². The monoisotopic (exact) mass is 306 g/mol. The van der Waals surface area contributed by atoms with E-state index in [2.05, 4.69) is 39.1 Å². The molecule has 116 valence electrons. The number of rotatable bonds is 2. The van der Waals surface area contributed by atoms with Crippen LogP contribution < -0.4 is 10.6 Å². The largest absolute Gasteiger partial charge is 0.378 e. The zero-order chi connectivity index (χ0) is 15.6. The maximum Gasteiger partial charge on any atom is 0.221 e. The Hall–Kier alpha value is -2.66. The maximum absolute atomic E-state index is 5.86. The van der Waals surface area contributed by atoms with E-state index in [4.69, 9.17) is 10.5 Å². The van der Waals surface area contributed by atoms with Crippen molar-refractivity contribution in [1.29, 1.82) is 0 Å². The van der Waals surface area contributed by atoms with Crippen LogP contribution in [0.5, 0.6) is 0 Å². The molecule has 1 aromatic heterocycles. The minimum absolute atomic E-state index is 0.302. The van der Waals surface area contributed by atoms with E-state index >= 15 is 0 Å². The number of anilines is 2. The molecule has 0 bridgehead atoms. The van der Waals surface area contributed by atoms with E-state index in [0.29, 0.717) is 5.95 Å². The van der Waals surface area contributed by atoms with Crippen LogP contribution in [0.25, 0.3) is 22.2 Å². The Labute approximate surface area is 134 Å². The van der Waals surface area contributed by atoms with Gasteiger partial charge in [-0.15, -0.1) is 0 Å². The van der Waals surface area contributed by atoms with Gasteiger partial charge in [-0.05, 0) is 18.2 Å². The van der Waals surface area contributed by atoms with Crippen molar-refractivity contribution in [2.45, 2.75) is 0 Å². The van der Waals surface area contributed by atoms with E-state index < -0.39 is 0 Å². The number of para-hydroxylation sites is 1. The van der Waals surface area contributed by atoms with E-state index in [-0.39, 0.29) is 0 Å². The highest BCUT2D eigenvalue weighted by Gasteiger charge is 2.12. The molecule has 1 aliphatic rings. The summed E-state index contributed by atoms with van der Waals surface area (Å²) in [5.41, 5.74) is 9.87. The van der Waals surface area contributed by atoms with Gasteiger partial charge in [-0.2, -0.15) is 0 Å². The topological polar surface area (TPSA) is 64.3 Å². The van der Waals surface area contributed by atoms with Crippen LogP contribution in [0.15, 0.2) is 48.5 Å². The predicted octanol–water partition coefficient (Wildman–Crippen LogP) is 2.72. The van der Waals surface area contributed by atoms with Gasteiger partial charge in [0, 0.05) is 29.7 Å². The van der Waals surface area contributed by atoms with Gasteiger partial charge >= 0.3 is 0 Å². The highest BCUT2D eigenvalue weighted by Crippen LogP contribution is 2.28. The summed E-state index contributed by atoms with van der Waals surface area (Å²) in [5.74, 6) is 0.302. The molecule has 3 aromatic rings. The molecule has 2 heterocycles. The van der Waals surface area contributed by atoms with Crippen LogP contribution in [-0.4, -0.2) is 36.3 Å². The number of aromatic nitrogens is 2. The SMILES string of the molecule is Nc1nc(-c2ccc(N3CCOCC3)cc2)c2ccccc2n1. The quantitative estimate of drug-likeness (QED) is 0.788. The molecule has 4 rings (SSSR count). The first-order valence-corrected chi connectivity index (χ1v) is 7.77. The smallest absolute Gasteiger partial charge is 0.221 e. The van der Waals surface area contributed by atoms with Crippen molar-refractivity contribution in [3.63, 3.8) is 0 Å². The molecule has 0 radical (unpaired) electrons. The van der Waals surface area contributed by atoms with Crippen molar-refractivity contribution < 1.29 is 4.74 Å². The number of nitrogens with zero attached hydrogens (tertiary/aromatic N) is 3. The van der Waals surface area contributed by atoms with Gasteiger partial charge in [0.2, 0.25) is 5.95 Å². The summed E-state index contributed by atoms with van der Waals surface area (Å²) in [5, 5.41) is 1.01. The van der Waals surface area contributed by atoms with Gasteiger partial charge in [-0.25, -0.2) is 9.97 Å². The van der Waals surface area contributed by atoms with Gasteiger partial charge in [0.05, 0.1) is 24.4 Å². The number of ether oxygens (including phenoxy) is 1. The zero-order valence-electron chi connectivity index (χ0n) is 12.8. The normalized spacial score (nSPS) is 15.0. The molecule has 5 heteroatoms. The number of benzene rings is 2. The number of morpholine rings is 1. The lowest BCUT2D eigenvalue weighted by Gasteiger charge is -2.28. The molecule has 1 saturated heterocycles. The van der Waals surface area contributed by atoms with Crippen molar-refractivity contribution >= 4 is 22.5 Å². The molecule has 0 atom stereocenters. The average molecular weight is 306 g/mol.